The SMILES string of the molecule is COc1cccc2[nH]c(C(=O)N[C@@H](CC3CC3)C(=O)N[C@H](C#N)CC3C(=O)Nc4cccc(C)c43)cc12. The van der Waals surface area contributed by atoms with Gasteiger partial charge in [0, 0.05) is 16.6 Å². The minimum atomic E-state index is -0.884. The smallest absolute Gasteiger partial charge is 0.268 e. The monoisotopic (exact) mass is 499 g/mol. The fourth-order valence-electron chi connectivity index (χ4n) is 5.06. The van der Waals surface area contributed by atoms with Crippen molar-refractivity contribution in [3.05, 3.63) is 59.3 Å². The molecule has 3 amide bonds. The summed E-state index contributed by atoms with van der Waals surface area (Å²) >= 11 is 0. The van der Waals surface area contributed by atoms with Crippen LogP contribution in [0.5, 0.6) is 5.75 Å². The first-order valence-corrected chi connectivity index (χ1v) is 12.4. The molecular weight excluding hydrogens is 470 g/mol. The highest BCUT2D eigenvalue weighted by Crippen LogP contribution is 2.38. The van der Waals surface area contributed by atoms with Crippen molar-refractivity contribution in [1.29, 1.82) is 5.26 Å². The highest BCUT2D eigenvalue weighted by Gasteiger charge is 2.36. The van der Waals surface area contributed by atoms with Crippen molar-refractivity contribution in [2.24, 2.45) is 5.92 Å². The van der Waals surface area contributed by atoms with Gasteiger partial charge in [0.25, 0.3) is 5.91 Å². The molecule has 1 aromatic heterocycles. The van der Waals surface area contributed by atoms with Crippen LogP contribution in [0.15, 0.2) is 42.5 Å². The van der Waals surface area contributed by atoms with Crippen molar-refractivity contribution < 1.29 is 19.1 Å². The summed E-state index contributed by atoms with van der Waals surface area (Å²) in [6.07, 6.45) is 2.65. The van der Waals surface area contributed by atoms with E-state index in [-0.39, 0.29) is 12.3 Å². The Hall–Kier alpha value is -4.32. The minimum Gasteiger partial charge on any atom is -0.496 e. The lowest BCUT2D eigenvalue weighted by molar-refractivity contribution is -0.124. The van der Waals surface area contributed by atoms with E-state index < -0.39 is 29.8 Å². The van der Waals surface area contributed by atoms with Gasteiger partial charge in [0.1, 0.15) is 23.5 Å². The number of aromatic nitrogens is 1. The summed E-state index contributed by atoms with van der Waals surface area (Å²) in [4.78, 5) is 42.1. The van der Waals surface area contributed by atoms with Crippen molar-refractivity contribution in [3.63, 3.8) is 0 Å². The standard InChI is InChI=1S/C28H29N5O4/c1-15-5-3-7-21-25(15)19(26(34)32-21)12-17(14-29)30-27(35)22(11-16-9-10-16)33-28(36)23-13-18-20(31-23)6-4-8-24(18)37-2/h3-8,13,16-17,19,22,31H,9-12H2,1-2H3,(H,30,35)(H,32,34)(H,33,36)/t17-,19?,22-/m0/s1. The van der Waals surface area contributed by atoms with Crippen molar-refractivity contribution in [1.82, 2.24) is 15.6 Å². The Morgan fingerprint density at radius 1 is 1.16 bits per heavy atom. The molecule has 2 aliphatic rings. The number of ether oxygens (including phenoxy) is 1. The second-order valence-corrected chi connectivity index (χ2v) is 9.81. The van der Waals surface area contributed by atoms with Gasteiger partial charge in [0.2, 0.25) is 11.8 Å². The zero-order chi connectivity index (χ0) is 26.1. The number of anilines is 1. The van der Waals surface area contributed by atoms with Crippen LogP contribution in [0.2, 0.25) is 0 Å². The Bertz CT molecular complexity index is 1420. The van der Waals surface area contributed by atoms with E-state index in [0.29, 0.717) is 23.8 Å². The third kappa shape index (κ3) is 5.00. The molecule has 1 fully saturated rings. The Balaban J connectivity index is 1.30. The van der Waals surface area contributed by atoms with Gasteiger partial charge in [0.15, 0.2) is 0 Å². The van der Waals surface area contributed by atoms with E-state index in [1.807, 2.05) is 43.3 Å². The average Bonchev–Trinajstić information content (AvgIpc) is 3.49. The maximum atomic E-state index is 13.3. The number of hydrogen-bond acceptors (Lipinski definition) is 5. The summed E-state index contributed by atoms with van der Waals surface area (Å²) in [5.74, 6) is -0.551. The number of aryl methyl sites for hydroxylation is 1. The van der Waals surface area contributed by atoms with E-state index in [0.717, 1.165) is 40.6 Å². The second kappa shape index (κ2) is 9.97. The molecule has 9 nitrogen and oxygen atoms in total. The molecule has 0 radical (unpaired) electrons. The Morgan fingerprint density at radius 2 is 1.95 bits per heavy atom. The van der Waals surface area contributed by atoms with Gasteiger partial charge in [-0.1, -0.05) is 31.0 Å². The molecule has 0 spiro atoms. The summed E-state index contributed by atoms with van der Waals surface area (Å²) in [6.45, 7) is 1.92. The molecule has 2 aromatic carbocycles. The summed E-state index contributed by atoms with van der Waals surface area (Å²) in [6, 6.07) is 13.3. The molecule has 190 valence electrons. The van der Waals surface area contributed by atoms with Crippen LogP contribution < -0.4 is 20.7 Å². The molecule has 37 heavy (non-hydrogen) atoms. The molecule has 9 heteroatoms. The first kappa shape index (κ1) is 24.4. The molecule has 3 atom stereocenters. The highest BCUT2D eigenvalue weighted by atomic mass is 16.5. The number of nitriles is 1. The number of fused-ring (bicyclic) bond motifs is 2. The van der Waals surface area contributed by atoms with Gasteiger partial charge < -0.3 is 25.7 Å². The normalized spacial score (nSPS) is 17.9. The van der Waals surface area contributed by atoms with E-state index in [2.05, 4.69) is 27.0 Å². The zero-order valence-corrected chi connectivity index (χ0v) is 20.8. The van der Waals surface area contributed by atoms with E-state index in [4.69, 9.17) is 4.74 Å². The first-order chi connectivity index (χ1) is 17.9. The van der Waals surface area contributed by atoms with Crippen LogP contribution in [0.1, 0.15) is 53.2 Å². The van der Waals surface area contributed by atoms with Crippen molar-refractivity contribution in [3.8, 4) is 11.8 Å². The molecule has 2 heterocycles. The van der Waals surface area contributed by atoms with Gasteiger partial charge in [-0.3, -0.25) is 14.4 Å². The number of methoxy groups -OCH3 is 1. The lowest BCUT2D eigenvalue weighted by Gasteiger charge is -2.21. The van der Waals surface area contributed by atoms with E-state index in [1.54, 1.807) is 13.2 Å². The molecule has 4 N–H and O–H groups in total. The molecular formula is C28H29N5O4. The number of hydrogen-bond donors (Lipinski definition) is 4. The first-order valence-electron chi connectivity index (χ1n) is 12.4. The molecule has 1 unspecified atom stereocenters. The predicted octanol–water partition coefficient (Wildman–Crippen LogP) is 3.52. The number of carbonyl (C=O) groups excluding carboxylic acids is 3. The number of nitrogens with one attached hydrogen (secondary N) is 4. The van der Waals surface area contributed by atoms with Crippen molar-refractivity contribution >= 4 is 34.3 Å². The third-order valence-corrected chi connectivity index (χ3v) is 7.17. The van der Waals surface area contributed by atoms with Crippen LogP contribution in [0.4, 0.5) is 5.69 Å². The average molecular weight is 500 g/mol. The van der Waals surface area contributed by atoms with Crippen LogP contribution in [0, 0.1) is 24.2 Å². The van der Waals surface area contributed by atoms with Crippen LogP contribution in [-0.4, -0.2) is 41.9 Å². The lowest BCUT2D eigenvalue weighted by atomic mass is 9.90. The predicted molar refractivity (Wildman–Crippen MR) is 138 cm³/mol. The van der Waals surface area contributed by atoms with Gasteiger partial charge in [-0.15, -0.1) is 0 Å². The number of aromatic amines is 1. The van der Waals surface area contributed by atoms with E-state index in [9.17, 15) is 19.6 Å². The number of nitrogens with zero attached hydrogens (tertiary/aromatic N) is 1. The maximum Gasteiger partial charge on any atom is 0.268 e. The van der Waals surface area contributed by atoms with E-state index in [1.165, 1.54) is 0 Å². The maximum absolute atomic E-state index is 13.3. The fourth-order valence-corrected chi connectivity index (χ4v) is 5.06. The number of rotatable bonds is 9. The quantitative estimate of drug-likeness (QED) is 0.357. The number of benzene rings is 2. The summed E-state index contributed by atoms with van der Waals surface area (Å²) < 4.78 is 5.37. The lowest BCUT2D eigenvalue weighted by Crippen LogP contribution is -2.50. The largest absolute Gasteiger partial charge is 0.496 e. The van der Waals surface area contributed by atoms with Gasteiger partial charge >= 0.3 is 0 Å². The number of H-pyrrole nitrogens is 1. The Labute approximate surface area is 214 Å². The van der Waals surface area contributed by atoms with E-state index >= 15 is 0 Å². The number of carbonyl (C=O) groups is 3. The van der Waals surface area contributed by atoms with Crippen LogP contribution in [-0.2, 0) is 9.59 Å². The van der Waals surface area contributed by atoms with Crippen molar-refractivity contribution in [2.45, 2.75) is 50.6 Å². The van der Waals surface area contributed by atoms with Crippen molar-refractivity contribution in [2.75, 3.05) is 12.4 Å². The van der Waals surface area contributed by atoms with Gasteiger partial charge in [-0.25, -0.2) is 0 Å². The van der Waals surface area contributed by atoms with Crippen LogP contribution in [0.25, 0.3) is 10.9 Å². The molecule has 1 aliphatic carbocycles. The Kier molecular flexibility index (Phi) is 6.57. The summed E-state index contributed by atoms with van der Waals surface area (Å²) in [5.41, 5.74) is 3.63. The highest BCUT2D eigenvalue weighted by molar-refractivity contribution is 6.04. The summed E-state index contributed by atoms with van der Waals surface area (Å²) in [5, 5.41) is 19.1. The van der Waals surface area contributed by atoms with Gasteiger partial charge in [-0.05, 0) is 61.1 Å². The van der Waals surface area contributed by atoms with Gasteiger partial charge in [0.05, 0.1) is 19.1 Å². The molecule has 1 saturated carbocycles. The van der Waals surface area contributed by atoms with Crippen LogP contribution in [0.3, 0.4) is 0 Å². The minimum absolute atomic E-state index is 0.151. The third-order valence-electron chi connectivity index (χ3n) is 7.17. The molecule has 1 aliphatic heterocycles. The molecule has 0 saturated heterocycles. The molecule has 0 bridgehead atoms. The fraction of sp³-hybridized carbons (Fsp3) is 0.357. The summed E-state index contributed by atoms with van der Waals surface area (Å²) in [7, 11) is 1.57. The molecule has 3 aromatic rings. The topological polar surface area (TPSA) is 136 Å². The van der Waals surface area contributed by atoms with Gasteiger partial charge in [-0.2, -0.15) is 5.26 Å². The number of amides is 3. The molecule has 5 rings (SSSR count). The Morgan fingerprint density at radius 3 is 2.68 bits per heavy atom. The second-order valence-electron chi connectivity index (χ2n) is 9.81. The zero-order valence-electron chi connectivity index (χ0n) is 20.8. The van der Waals surface area contributed by atoms with Crippen LogP contribution >= 0.6 is 0 Å².